The lowest BCUT2D eigenvalue weighted by molar-refractivity contribution is -0.130. The molecule has 1 atom stereocenters. The van der Waals surface area contributed by atoms with Gasteiger partial charge in [-0.25, -0.2) is 9.48 Å². The number of urea groups is 1. The van der Waals surface area contributed by atoms with E-state index >= 15 is 0 Å². The Morgan fingerprint density at radius 2 is 1.93 bits per heavy atom. The van der Waals surface area contributed by atoms with Gasteiger partial charge in [-0.2, -0.15) is 10.2 Å². The molecule has 27 heavy (non-hydrogen) atoms. The number of benzene rings is 1. The smallest absolute Gasteiger partial charge is 0.322 e. The Morgan fingerprint density at radius 3 is 2.52 bits per heavy atom. The largest absolute Gasteiger partial charge is 0.346 e. The average Bonchev–Trinajstić information content (AvgIpc) is 3.02. The zero-order chi connectivity index (χ0) is 19.8. The van der Waals surface area contributed by atoms with Gasteiger partial charge in [0.05, 0.1) is 24.0 Å². The van der Waals surface area contributed by atoms with Crippen LogP contribution in [0, 0.1) is 6.92 Å². The molecule has 1 fully saturated rings. The van der Waals surface area contributed by atoms with Crippen molar-refractivity contribution >= 4 is 41.4 Å². The van der Waals surface area contributed by atoms with Crippen molar-refractivity contribution in [2.45, 2.75) is 39.3 Å². The Bertz CT molecular complexity index is 923. The minimum Gasteiger partial charge on any atom is -0.322 e. The maximum atomic E-state index is 12.4. The van der Waals surface area contributed by atoms with Crippen LogP contribution in [0.2, 0.25) is 10.2 Å². The number of carbonyl (C=O) groups excluding carboxylic acids is 2. The van der Waals surface area contributed by atoms with Gasteiger partial charge in [0.25, 0.3) is 5.91 Å². The van der Waals surface area contributed by atoms with E-state index in [1.165, 1.54) is 6.21 Å². The summed E-state index contributed by atoms with van der Waals surface area (Å²) >= 11 is 12.3. The van der Waals surface area contributed by atoms with Crippen LogP contribution in [0.5, 0.6) is 0 Å². The van der Waals surface area contributed by atoms with Crippen molar-refractivity contribution in [3.63, 3.8) is 0 Å². The number of rotatable bonds is 5. The van der Waals surface area contributed by atoms with E-state index in [2.05, 4.69) is 15.5 Å². The number of carbonyl (C=O) groups is 2. The molecule has 1 aromatic heterocycles. The molecule has 1 unspecified atom stereocenters. The van der Waals surface area contributed by atoms with Gasteiger partial charge in [-0.3, -0.25) is 4.79 Å². The van der Waals surface area contributed by atoms with Crippen molar-refractivity contribution in [1.29, 1.82) is 0 Å². The molecule has 1 N–H and O–H groups in total. The molecule has 9 heteroatoms. The Balaban J connectivity index is 1.83. The summed E-state index contributed by atoms with van der Waals surface area (Å²) in [4.78, 5) is 24.4. The number of amides is 3. The van der Waals surface area contributed by atoms with E-state index in [1.54, 1.807) is 30.7 Å². The number of halogens is 2. The number of nitrogens with zero attached hydrogens (tertiary/aromatic N) is 4. The third-order valence-electron chi connectivity index (χ3n) is 4.60. The molecule has 0 radical (unpaired) electrons. The third kappa shape index (κ3) is 3.70. The fourth-order valence-electron chi connectivity index (χ4n) is 2.71. The fraction of sp³-hybridized carbons (Fsp3) is 0.333. The first-order valence-corrected chi connectivity index (χ1v) is 9.19. The van der Waals surface area contributed by atoms with Gasteiger partial charge in [-0.15, -0.1) is 5.01 Å². The number of hydrazone groups is 1. The topological polar surface area (TPSA) is 79.6 Å². The van der Waals surface area contributed by atoms with E-state index in [-0.39, 0.29) is 0 Å². The van der Waals surface area contributed by atoms with Gasteiger partial charge in [0.2, 0.25) is 0 Å². The lowest BCUT2D eigenvalue weighted by Crippen LogP contribution is -2.42. The van der Waals surface area contributed by atoms with Gasteiger partial charge in [0.15, 0.2) is 0 Å². The average molecular weight is 408 g/mol. The molecule has 0 bridgehead atoms. The van der Waals surface area contributed by atoms with Crippen LogP contribution in [-0.2, 0) is 11.3 Å². The second kappa shape index (κ2) is 7.32. The van der Waals surface area contributed by atoms with Gasteiger partial charge in [0, 0.05) is 5.02 Å². The highest BCUT2D eigenvalue weighted by molar-refractivity contribution is 6.32. The highest BCUT2D eigenvalue weighted by atomic mass is 35.5. The normalized spacial score (nSPS) is 20.0. The van der Waals surface area contributed by atoms with Gasteiger partial charge in [-0.05, 0) is 38.0 Å². The number of imide groups is 1. The molecule has 3 amide bonds. The zero-order valence-electron chi connectivity index (χ0n) is 15.2. The second-order valence-electron chi connectivity index (χ2n) is 6.55. The molecule has 0 spiro atoms. The van der Waals surface area contributed by atoms with Crippen molar-refractivity contribution in [3.05, 3.63) is 51.3 Å². The van der Waals surface area contributed by atoms with E-state index in [1.807, 2.05) is 19.1 Å². The summed E-state index contributed by atoms with van der Waals surface area (Å²) in [7, 11) is 0. The first-order chi connectivity index (χ1) is 12.7. The highest BCUT2D eigenvalue weighted by Crippen LogP contribution is 2.23. The maximum Gasteiger partial charge on any atom is 0.346 e. The molecule has 2 heterocycles. The van der Waals surface area contributed by atoms with Crippen LogP contribution >= 0.6 is 23.2 Å². The number of aryl methyl sites for hydroxylation is 1. The van der Waals surface area contributed by atoms with Crippen molar-refractivity contribution in [1.82, 2.24) is 20.1 Å². The molecular weight excluding hydrogens is 389 g/mol. The lowest BCUT2D eigenvalue weighted by atomic mass is 10.00. The van der Waals surface area contributed by atoms with Gasteiger partial charge in [-0.1, -0.05) is 42.3 Å². The molecule has 3 rings (SSSR count). The van der Waals surface area contributed by atoms with Crippen molar-refractivity contribution < 1.29 is 9.59 Å². The van der Waals surface area contributed by atoms with Crippen LogP contribution in [0.15, 0.2) is 29.4 Å². The van der Waals surface area contributed by atoms with Gasteiger partial charge < -0.3 is 5.32 Å². The molecule has 0 aliphatic carbocycles. The van der Waals surface area contributed by atoms with Gasteiger partial charge in [0.1, 0.15) is 10.7 Å². The minimum atomic E-state index is -0.938. The van der Waals surface area contributed by atoms with Crippen LogP contribution in [0.3, 0.4) is 0 Å². The van der Waals surface area contributed by atoms with E-state index in [0.29, 0.717) is 34.4 Å². The first kappa shape index (κ1) is 19.4. The zero-order valence-corrected chi connectivity index (χ0v) is 16.7. The van der Waals surface area contributed by atoms with Crippen molar-refractivity contribution in [3.8, 4) is 0 Å². The predicted octanol–water partition coefficient (Wildman–Crippen LogP) is 3.60. The standard InChI is InChI=1S/C18H19Cl2N5O2/c1-4-18(3)16(26)25(17(27)22-18)21-9-14-11(2)23-24(15(14)20)10-12-5-7-13(19)8-6-12/h5-9H,4,10H2,1-3H3,(H,22,27). The molecule has 1 saturated heterocycles. The summed E-state index contributed by atoms with van der Waals surface area (Å²) in [5, 5.41) is 13.0. The second-order valence-corrected chi connectivity index (χ2v) is 7.35. The highest BCUT2D eigenvalue weighted by Gasteiger charge is 2.46. The van der Waals surface area contributed by atoms with Crippen LogP contribution < -0.4 is 5.32 Å². The Hall–Kier alpha value is -2.38. The third-order valence-corrected chi connectivity index (χ3v) is 5.25. The van der Waals surface area contributed by atoms with Gasteiger partial charge >= 0.3 is 6.03 Å². The summed E-state index contributed by atoms with van der Waals surface area (Å²) in [5.41, 5.74) is 1.24. The molecule has 1 aromatic carbocycles. The van der Waals surface area contributed by atoms with E-state index < -0.39 is 17.5 Å². The number of nitrogens with one attached hydrogen (secondary N) is 1. The molecule has 7 nitrogen and oxygen atoms in total. The van der Waals surface area contributed by atoms with E-state index in [0.717, 1.165) is 10.6 Å². The Kier molecular flexibility index (Phi) is 5.26. The monoisotopic (exact) mass is 407 g/mol. The SMILES string of the molecule is CCC1(C)NC(=O)N(N=Cc2c(C)nn(Cc3ccc(Cl)cc3)c2Cl)C1=O. The molecule has 142 valence electrons. The number of hydrogen-bond donors (Lipinski definition) is 1. The van der Waals surface area contributed by atoms with Crippen LogP contribution in [0.4, 0.5) is 4.79 Å². The fourth-order valence-corrected chi connectivity index (χ4v) is 3.12. The molecule has 0 saturated carbocycles. The molecule has 1 aliphatic rings. The summed E-state index contributed by atoms with van der Waals surface area (Å²) < 4.78 is 1.63. The minimum absolute atomic E-state index is 0.372. The quantitative estimate of drug-likeness (QED) is 0.607. The van der Waals surface area contributed by atoms with Crippen LogP contribution in [0.1, 0.15) is 37.1 Å². The lowest BCUT2D eigenvalue weighted by Gasteiger charge is -2.17. The summed E-state index contributed by atoms with van der Waals surface area (Å²) in [5.74, 6) is -0.395. The van der Waals surface area contributed by atoms with Crippen LogP contribution in [-0.4, -0.2) is 38.5 Å². The number of hydrogen-bond acceptors (Lipinski definition) is 4. The van der Waals surface area contributed by atoms with Crippen molar-refractivity contribution in [2.24, 2.45) is 5.10 Å². The molecule has 1 aliphatic heterocycles. The van der Waals surface area contributed by atoms with Crippen LogP contribution in [0.25, 0.3) is 0 Å². The molecular formula is C18H19Cl2N5O2. The number of aromatic nitrogens is 2. The van der Waals surface area contributed by atoms with Crippen molar-refractivity contribution in [2.75, 3.05) is 0 Å². The summed E-state index contributed by atoms with van der Waals surface area (Å²) in [6.07, 6.45) is 1.87. The molecule has 2 aromatic rings. The summed E-state index contributed by atoms with van der Waals surface area (Å²) in [6, 6.07) is 6.82. The van der Waals surface area contributed by atoms with E-state index in [4.69, 9.17) is 23.2 Å². The Morgan fingerprint density at radius 1 is 1.26 bits per heavy atom. The first-order valence-electron chi connectivity index (χ1n) is 8.43. The predicted molar refractivity (Wildman–Crippen MR) is 104 cm³/mol. The maximum absolute atomic E-state index is 12.4. The van der Waals surface area contributed by atoms with E-state index in [9.17, 15) is 9.59 Å². The Labute approximate surface area is 166 Å². The summed E-state index contributed by atoms with van der Waals surface area (Å²) in [6.45, 7) is 5.74.